The Bertz CT molecular complexity index is 366. The van der Waals surface area contributed by atoms with Crippen LogP contribution in [0.4, 0.5) is 0 Å². The summed E-state index contributed by atoms with van der Waals surface area (Å²) in [4.78, 5) is 0. The average Bonchev–Trinajstić information content (AvgIpc) is 2.49. The van der Waals surface area contributed by atoms with Gasteiger partial charge in [-0.2, -0.15) is 0 Å². The Labute approximate surface area is 130 Å². The second-order valence-corrected chi connectivity index (χ2v) is 4.97. The van der Waals surface area contributed by atoms with Gasteiger partial charge in [0.1, 0.15) is 5.75 Å². The highest BCUT2D eigenvalue weighted by atomic mass is 16.5. The predicted molar refractivity (Wildman–Crippen MR) is 91.3 cm³/mol. The molecule has 0 fully saturated rings. The number of benzene rings is 1. The standard InChI is InChI=1S/C15H24O.C4H6O/c1-2-3-4-5-6-7-8-11-14-12-9-10-13-15(14)16;1-3-5-4-2/h9-10,12-13,16H,2-8,11H2,1H3;3-4H,1-2H2. The fraction of sp³-hybridized carbons (Fsp3) is 0.474. The number of rotatable bonds is 10. The van der Waals surface area contributed by atoms with E-state index in [0.29, 0.717) is 5.75 Å². The summed E-state index contributed by atoms with van der Waals surface area (Å²) in [6.45, 7) is 8.76. The van der Waals surface area contributed by atoms with Crippen LogP contribution < -0.4 is 0 Å². The highest BCUT2D eigenvalue weighted by molar-refractivity contribution is 5.31. The van der Waals surface area contributed by atoms with Gasteiger partial charge in [0.2, 0.25) is 0 Å². The van der Waals surface area contributed by atoms with Crippen LogP contribution in [0.5, 0.6) is 5.75 Å². The Kier molecular flexibility index (Phi) is 13.5. The minimum Gasteiger partial charge on any atom is -0.508 e. The van der Waals surface area contributed by atoms with E-state index >= 15 is 0 Å². The molecule has 1 aromatic carbocycles. The van der Waals surface area contributed by atoms with E-state index in [1.54, 1.807) is 6.07 Å². The van der Waals surface area contributed by atoms with Crippen molar-refractivity contribution in [2.75, 3.05) is 0 Å². The van der Waals surface area contributed by atoms with Crippen LogP contribution >= 0.6 is 0 Å². The molecule has 0 unspecified atom stereocenters. The van der Waals surface area contributed by atoms with Gasteiger partial charge in [-0.05, 0) is 24.5 Å². The Morgan fingerprint density at radius 1 is 0.952 bits per heavy atom. The zero-order chi connectivity index (χ0) is 15.8. The fourth-order valence-corrected chi connectivity index (χ4v) is 2.06. The van der Waals surface area contributed by atoms with Crippen molar-refractivity contribution in [1.82, 2.24) is 0 Å². The number of hydrogen-bond donors (Lipinski definition) is 1. The van der Waals surface area contributed by atoms with E-state index in [9.17, 15) is 5.11 Å². The van der Waals surface area contributed by atoms with Crippen molar-refractivity contribution in [2.45, 2.75) is 58.3 Å². The molecule has 2 nitrogen and oxygen atoms in total. The normalized spacial score (nSPS) is 9.38. The van der Waals surface area contributed by atoms with E-state index in [4.69, 9.17) is 0 Å². The first kappa shape index (κ1) is 19.3. The lowest BCUT2D eigenvalue weighted by Gasteiger charge is -2.04. The second kappa shape index (κ2) is 14.7. The third-order valence-electron chi connectivity index (χ3n) is 3.23. The third kappa shape index (κ3) is 11.8. The molecule has 0 saturated carbocycles. The molecule has 0 spiro atoms. The van der Waals surface area contributed by atoms with Crippen molar-refractivity contribution in [3.63, 3.8) is 0 Å². The maximum absolute atomic E-state index is 9.58. The summed E-state index contributed by atoms with van der Waals surface area (Å²) in [7, 11) is 0. The number of aryl methyl sites for hydroxylation is 1. The first-order valence-corrected chi connectivity index (χ1v) is 7.90. The van der Waals surface area contributed by atoms with E-state index in [2.05, 4.69) is 24.8 Å². The predicted octanol–water partition coefficient (Wildman–Crippen LogP) is 5.98. The first-order valence-electron chi connectivity index (χ1n) is 7.90. The van der Waals surface area contributed by atoms with E-state index in [0.717, 1.165) is 12.0 Å². The number of phenolic OH excluding ortho intramolecular Hbond substituents is 1. The molecular weight excluding hydrogens is 260 g/mol. The molecule has 0 saturated heterocycles. The summed E-state index contributed by atoms with van der Waals surface area (Å²) in [5, 5.41) is 9.58. The van der Waals surface area contributed by atoms with E-state index in [1.165, 1.54) is 57.5 Å². The summed E-state index contributed by atoms with van der Waals surface area (Å²) < 4.78 is 4.36. The smallest absolute Gasteiger partial charge is 0.118 e. The molecule has 0 aromatic heterocycles. The van der Waals surface area contributed by atoms with Gasteiger partial charge in [0, 0.05) is 0 Å². The monoisotopic (exact) mass is 290 g/mol. The van der Waals surface area contributed by atoms with E-state index in [1.807, 2.05) is 18.2 Å². The molecule has 0 radical (unpaired) electrons. The van der Waals surface area contributed by atoms with Crippen LogP contribution in [0, 0.1) is 0 Å². The van der Waals surface area contributed by atoms with Crippen LogP contribution in [0.15, 0.2) is 49.9 Å². The Morgan fingerprint density at radius 2 is 1.52 bits per heavy atom. The van der Waals surface area contributed by atoms with Gasteiger partial charge in [0.05, 0.1) is 12.5 Å². The zero-order valence-corrected chi connectivity index (χ0v) is 13.4. The summed E-state index contributed by atoms with van der Waals surface area (Å²) in [6, 6.07) is 7.67. The number of unbranched alkanes of at least 4 members (excludes halogenated alkanes) is 6. The maximum atomic E-state index is 9.58. The number of phenols is 1. The highest BCUT2D eigenvalue weighted by Gasteiger charge is 1.98. The van der Waals surface area contributed by atoms with Crippen LogP contribution in [0.2, 0.25) is 0 Å². The van der Waals surface area contributed by atoms with Gasteiger partial charge in [0.15, 0.2) is 0 Å². The van der Waals surface area contributed by atoms with Gasteiger partial charge < -0.3 is 9.84 Å². The van der Waals surface area contributed by atoms with Crippen LogP contribution in [0.1, 0.15) is 57.4 Å². The lowest BCUT2D eigenvalue weighted by molar-refractivity contribution is 0.406. The molecule has 0 atom stereocenters. The molecule has 0 bridgehead atoms. The number of para-hydroxylation sites is 1. The molecule has 0 aliphatic carbocycles. The molecular formula is C19H30O2. The summed E-state index contributed by atoms with van der Waals surface area (Å²) >= 11 is 0. The molecule has 2 heteroatoms. The van der Waals surface area contributed by atoms with E-state index in [-0.39, 0.29) is 0 Å². The van der Waals surface area contributed by atoms with Crippen molar-refractivity contribution in [2.24, 2.45) is 0 Å². The van der Waals surface area contributed by atoms with Crippen LogP contribution in [-0.2, 0) is 11.2 Å². The summed E-state index contributed by atoms with van der Waals surface area (Å²) in [5.41, 5.74) is 1.09. The minimum atomic E-state index is 0.452. The number of aromatic hydroxyl groups is 1. The van der Waals surface area contributed by atoms with Gasteiger partial charge in [-0.25, -0.2) is 0 Å². The van der Waals surface area contributed by atoms with Crippen LogP contribution in [0.3, 0.4) is 0 Å². The maximum Gasteiger partial charge on any atom is 0.118 e. The largest absolute Gasteiger partial charge is 0.508 e. The number of hydrogen-bond acceptors (Lipinski definition) is 2. The fourth-order valence-electron chi connectivity index (χ4n) is 2.06. The van der Waals surface area contributed by atoms with Crippen molar-refractivity contribution in [3.8, 4) is 5.75 Å². The zero-order valence-electron chi connectivity index (χ0n) is 13.4. The molecule has 1 rings (SSSR count). The Morgan fingerprint density at radius 3 is 2.05 bits per heavy atom. The molecule has 0 aliphatic rings. The molecule has 1 N–H and O–H groups in total. The molecule has 118 valence electrons. The molecule has 0 heterocycles. The van der Waals surface area contributed by atoms with Gasteiger partial charge in [-0.3, -0.25) is 0 Å². The van der Waals surface area contributed by atoms with Gasteiger partial charge in [-0.15, -0.1) is 0 Å². The minimum absolute atomic E-state index is 0.452. The molecule has 1 aromatic rings. The second-order valence-electron chi connectivity index (χ2n) is 4.97. The lowest BCUT2D eigenvalue weighted by Crippen LogP contribution is -1.87. The number of ether oxygens (including phenoxy) is 1. The summed E-state index contributed by atoms with van der Waals surface area (Å²) in [6.07, 6.45) is 12.9. The van der Waals surface area contributed by atoms with Crippen molar-refractivity contribution in [3.05, 3.63) is 55.5 Å². The summed E-state index contributed by atoms with van der Waals surface area (Å²) in [5.74, 6) is 0.452. The van der Waals surface area contributed by atoms with Crippen molar-refractivity contribution in [1.29, 1.82) is 0 Å². The first-order chi connectivity index (χ1) is 10.3. The third-order valence-corrected chi connectivity index (χ3v) is 3.23. The van der Waals surface area contributed by atoms with Gasteiger partial charge in [0.25, 0.3) is 0 Å². The Hall–Kier alpha value is -1.70. The SMILES string of the molecule is C=COC=C.CCCCCCCCCc1ccccc1O. The molecule has 0 amide bonds. The van der Waals surface area contributed by atoms with Crippen LogP contribution in [-0.4, -0.2) is 5.11 Å². The van der Waals surface area contributed by atoms with Crippen molar-refractivity contribution < 1.29 is 9.84 Å². The van der Waals surface area contributed by atoms with Crippen LogP contribution in [0.25, 0.3) is 0 Å². The molecule has 21 heavy (non-hydrogen) atoms. The average molecular weight is 290 g/mol. The van der Waals surface area contributed by atoms with Crippen molar-refractivity contribution >= 4 is 0 Å². The Balaban J connectivity index is 0.000000690. The topological polar surface area (TPSA) is 29.5 Å². The van der Waals surface area contributed by atoms with Gasteiger partial charge in [-0.1, -0.05) is 76.8 Å². The van der Waals surface area contributed by atoms with E-state index < -0.39 is 0 Å². The lowest BCUT2D eigenvalue weighted by atomic mass is 10.0. The molecule has 0 aliphatic heterocycles. The highest BCUT2D eigenvalue weighted by Crippen LogP contribution is 2.18. The quantitative estimate of drug-likeness (QED) is 0.424. The van der Waals surface area contributed by atoms with Gasteiger partial charge >= 0.3 is 0 Å².